The van der Waals surface area contributed by atoms with Crippen molar-refractivity contribution < 1.29 is 28.9 Å². The number of rotatable bonds is 8. The number of alkyl halides is 1. The summed E-state index contributed by atoms with van der Waals surface area (Å²) in [6.45, 7) is 3.82. The molecule has 2 heterocycles. The predicted molar refractivity (Wildman–Crippen MR) is 77.3 cm³/mol. The number of carbonyl (C=O) groups is 2. The maximum absolute atomic E-state index is 13.2. The van der Waals surface area contributed by atoms with Crippen molar-refractivity contribution in [3.05, 3.63) is 11.1 Å². The number of hydrogen-bond acceptors (Lipinski definition) is 3. The average molecular weight is 314 g/mol. The highest BCUT2D eigenvalue weighted by Gasteiger charge is 2.52. The standard InChI is InChI=1S/C16H23FO5/c1-3-9(17)6-4-5-8(2)10-7-11-12(15(18)19)13(16(20)21)14(10)22-11/h8-11,14H,3-7H2,1-2H3,(H,18,19)(H,20,21). The molecule has 5 unspecified atom stereocenters. The fourth-order valence-electron chi connectivity index (χ4n) is 3.60. The zero-order valence-corrected chi connectivity index (χ0v) is 12.9. The Morgan fingerprint density at radius 1 is 1.27 bits per heavy atom. The Kier molecular flexibility index (Phi) is 5.21. The van der Waals surface area contributed by atoms with Crippen LogP contribution < -0.4 is 0 Å². The van der Waals surface area contributed by atoms with Crippen LogP contribution in [-0.2, 0) is 14.3 Å². The number of fused-ring (bicyclic) bond motifs is 2. The van der Waals surface area contributed by atoms with Gasteiger partial charge in [0.1, 0.15) is 0 Å². The number of halogens is 1. The molecule has 0 spiro atoms. The first-order chi connectivity index (χ1) is 10.4. The molecule has 0 aromatic heterocycles. The lowest BCUT2D eigenvalue weighted by molar-refractivity contribution is -0.136. The van der Waals surface area contributed by atoms with Gasteiger partial charge in [-0.3, -0.25) is 0 Å². The molecule has 2 aliphatic rings. The molecule has 2 bridgehead atoms. The first kappa shape index (κ1) is 16.9. The summed E-state index contributed by atoms with van der Waals surface area (Å²) in [5.74, 6) is -2.24. The zero-order chi connectivity index (χ0) is 16.4. The minimum Gasteiger partial charge on any atom is -0.478 e. The van der Waals surface area contributed by atoms with Crippen LogP contribution in [0.5, 0.6) is 0 Å². The summed E-state index contributed by atoms with van der Waals surface area (Å²) < 4.78 is 18.8. The summed E-state index contributed by atoms with van der Waals surface area (Å²) >= 11 is 0. The fraction of sp³-hybridized carbons (Fsp3) is 0.750. The maximum atomic E-state index is 13.2. The van der Waals surface area contributed by atoms with E-state index in [4.69, 9.17) is 9.84 Å². The second-order valence-corrected chi connectivity index (χ2v) is 6.30. The molecule has 2 aliphatic heterocycles. The Labute approximate surface area is 129 Å². The van der Waals surface area contributed by atoms with Gasteiger partial charge in [0.2, 0.25) is 0 Å². The van der Waals surface area contributed by atoms with E-state index in [1.807, 2.05) is 13.8 Å². The molecular formula is C16H23FO5. The van der Waals surface area contributed by atoms with Gasteiger partial charge in [0.25, 0.3) is 0 Å². The van der Waals surface area contributed by atoms with Crippen molar-refractivity contribution in [3.63, 3.8) is 0 Å². The number of hydrogen-bond donors (Lipinski definition) is 2. The smallest absolute Gasteiger partial charge is 0.334 e. The van der Waals surface area contributed by atoms with Gasteiger partial charge in [0.05, 0.1) is 29.5 Å². The summed E-state index contributed by atoms with van der Waals surface area (Å²) in [5.41, 5.74) is -0.201. The third-order valence-electron chi connectivity index (χ3n) is 4.89. The zero-order valence-electron chi connectivity index (χ0n) is 12.9. The summed E-state index contributed by atoms with van der Waals surface area (Å²) in [4.78, 5) is 22.6. The van der Waals surface area contributed by atoms with Gasteiger partial charge in [0, 0.05) is 0 Å². The molecule has 0 aromatic carbocycles. The molecule has 1 saturated heterocycles. The van der Waals surface area contributed by atoms with Crippen molar-refractivity contribution >= 4 is 11.9 Å². The van der Waals surface area contributed by atoms with Crippen LogP contribution in [0, 0.1) is 11.8 Å². The number of carboxylic acid groups (broad SMARTS) is 2. The quantitative estimate of drug-likeness (QED) is 0.719. The van der Waals surface area contributed by atoms with E-state index in [9.17, 15) is 19.1 Å². The van der Waals surface area contributed by atoms with E-state index >= 15 is 0 Å². The van der Waals surface area contributed by atoms with E-state index in [0.29, 0.717) is 19.3 Å². The molecule has 0 saturated carbocycles. The average Bonchev–Trinajstić information content (AvgIpc) is 3.04. The lowest BCUT2D eigenvalue weighted by Crippen LogP contribution is -2.31. The molecule has 22 heavy (non-hydrogen) atoms. The first-order valence-electron chi connectivity index (χ1n) is 7.86. The topological polar surface area (TPSA) is 83.8 Å². The first-order valence-corrected chi connectivity index (χ1v) is 7.86. The van der Waals surface area contributed by atoms with E-state index in [1.165, 1.54) is 0 Å². The predicted octanol–water partition coefficient (Wildman–Crippen LogP) is 2.79. The van der Waals surface area contributed by atoms with Crippen LogP contribution in [-0.4, -0.2) is 40.5 Å². The van der Waals surface area contributed by atoms with E-state index in [0.717, 1.165) is 12.8 Å². The molecule has 2 rings (SSSR count). The Bertz CT molecular complexity index is 487. The van der Waals surface area contributed by atoms with Gasteiger partial charge >= 0.3 is 11.9 Å². The van der Waals surface area contributed by atoms with Gasteiger partial charge in [-0.15, -0.1) is 0 Å². The van der Waals surface area contributed by atoms with Crippen molar-refractivity contribution in [2.75, 3.05) is 0 Å². The summed E-state index contributed by atoms with van der Waals surface area (Å²) in [5, 5.41) is 18.5. The second-order valence-electron chi connectivity index (χ2n) is 6.30. The van der Waals surface area contributed by atoms with Crippen LogP contribution in [0.25, 0.3) is 0 Å². The van der Waals surface area contributed by atoms with Crippen LogP contribution in [0.4, 0.5) is 4.39 Å². The Morgan fingerprint density at radius 2 is 1.91 bits per heavy atom. The van der Waals surface area contributed by atoms with Crippen LogP contribution in [0.15, 0.2) is 11.1 Å². The van der Waals surface area contributed by atoms with Crippen molar-refractivity contribution in [3.8, 4) is 0 Å². The summed E-state index contributed by atoms with van der Waals surface area (Å²) in [6.07, 6.45) is 1.08. The summed E-state index contributed by atoms with van der Waals surface area (Å²) in [6, 6.07) is 0. The second kappa shape index (κ2) is 6.77. The van der Waals surface area contributed by atoms with Crippen molar-refractivity contribution in [1.29, 1.82) is 0 Å². The van der Waals surface area contributed by atoms with Gasteiger partial charge in [-0.05, 0) is 31.1 Å². The highest BCUT2D eigenvalue weighted by atomic mass is 19.1. The highest BCUT2D eigenvalue weighted by molar-refractivity contribution is 6.01. The van der Waals surface area contributed by atoms with Crippen molar-refractivity contribution in [2.24, 2.45) is 11.8 Å². The Morgan fingerprint density at radius 3 is 2.45 bits per heavy atom. The molecule has 124 valence electrons. The highest BCUT2D eigenvalue weighted by Crippen LogP contribution is 2.47. The third kappa shape index (κ3) is 3.16. The lowest BCUT2D eigenvalue weighted by Gasteiger charge is -2.26. The van der Waals surface area contributed by atoms with Crippen LogP contribution >= 0.6 is 0 Å². The van der Waals surface area contributed by atoms with E-state index in [-0.39, 0.29) is 23.0 Å². The molecule has 6 heteroatoms. The Balaban J connectivity index is 2.02. The maximum Gasteiger partial charge on any atom is 0.334 e. The van der Waals surface area contributed by atoms with Gasteiger partial charge < -0.3 is 14.9 Å². The molecule has 0 amide bonds. The number of aliphatic carboxylic acids is 2. The normalized spacial score (nSPS) is 29.7. The molecule has 0 aliphatic carbocycles. The van der Waals surface area contributed by atoms with Crippen molar-refractivity contribution in [2.45, 2.75) is 64.3 Å². The minimum atomic E-state index is -1.21. The third-order valence-corrected chi connectivity index (χ3v) is 4.89. The van der Waals surface area contributed by atoms with Crippen LogP contribution in [0.1, 0.15) is 46.0 Å². The van der Waals surface area contributed by atoms with Crippen molar-refractivity contribution in [1.82, 2.24) is 0 Å². The van der Waals surface area contributed by atoms with Crippen LogP contribution in [0.3, 0.4) is 0 Å². The molecule has 2 N–H and O–H groups in total. The molecule has 5 nitrogen and oxygen atoms in total. The largest absolute Gasteiger partial charge is 0.478 e. The number of ether oxygens (including phenoxy) is 1. The van der Waals surface area contributed by atoms with E-state index in [2.05, 4.69) is 0 Å². The molecule has 0 aromatic rings. The number of carboxylic acids is 2. The fourth-order valence-corrected chi connectivity index (χ4v) is 3.60. The van der Waals surface area contributed by atoms with E-state index < -0.39 is 30.3 Å². The monoisotopic (exact) mass is 314 g/mol. The van der Waals surface area contributed by atoms with Gasteiger partial charge in [0.15, 0.2) is 0 Å². The van der Waals surface area contributed by atoms with Gasteiger partial charge in [-0.2, -0.15) is 0 Å². The molecule has 1 fully saturated rings. The van der Waals surface area contributed by atoms with Crippen LogP contribution in [0.2, 0.25) is 0 Å². The summed E-state index contributed by atoms with van der Waals surface area (Å²) in [7, 11) is 0. The lowest BCUT2D eigenvalue weighted by atomic mass is 9.76. The SMILES string of the molecule is CCC(F)CCCC(C)C1CC2OC1C(C(=O)O)=C2C(=O)O. The van der Waals surface area contributed by atoms with Gasteiger partial charge in [-0.25, -0.2) is 14.0 Å². The molecule has 0 radical (unpaired) electrons. The molecular weight excluding hydrogens is 291 g/mol. The Hall–Kier alpha value is -1.43. The minimum absolute atomic E-state index is 0.00103. The van der Waals surface area contributed by atoms with Gasteiger partial charge in [-0.1, -0.05) is 26.7 Å². The van der Waals surface area contributed by atoms with E-state index in [1.54, 1.807) is 0 Å². The molecule has 5 atom stereocenters.